The van der Waals surface area contributed by atoms with Crippen LogP contribution >= 0.6 is 35.4 Å². The van der Waals surface area contributed by atoms with E-state index in [4.69, 9.17) is 35.4 Å². The number of nitrogens with one attached hydrogen (secondary N) is 3. The summed E-state index contributed by atoms with van der Waals surface area (Å²) in [5.41, 5.74) is 1.47. The summed E-state index contributed by atoms with van der Waals surface area (Å²) >= 11 is 17.0. The summed E-state index contributed by atoms with van der Waals surface area (Å²) in [5.74, 6) is -0.692. The van der Waals surface area contributed by atoms with Crippen molar-refractivity contribution in [2.24, 2.45) is 5.92 Å². The molecule has 0 radical (unpaired) electrons. The molecule has 2 aromatic rings. The highest BCUT2D eigenvalue weighted by molar-refractivity contribution is 7.80. The van der Waals surface area contributed by atoms with E-state index in [1.54, 1.807) is 30.3 Å². The molecule has 0 fully saturated rings. The van der Waals surface area contributed by atoms with Gasteiger partial charge in [0.2, 0.25) is 5.91 Å². The van der Waals surface area contributed by atoms with Crippen LogP contribution in [-0.2, 0) is 4.79 Å². The van der Waals surface area contributed by atoms with Gasteiger partial charge in [-0.25, -0.2) is 0 Å². The van der Waals surface area contributed by atoms with Gasteiger partial charge in [-0.05, 0) is 48.6 Å². The first-order chi connectivity index (χ1) is 12.3. The summed E-state index contributed by atoms with van der Waals surface area (Å²) in [7, 11) is 0. The van der Waals surface area contributed by atoms with Gasteiger partial charge in [-0.15, -0.1) is 0 Å². The quantitative estimate of drug-likeness (QED) is 0.639. The minimum atomic E-state index is -0.473. The van der Waals surface area contributed by atoms with E-state index in [0.717, 1.165) is 0 Å². The van der Waals surface area contributed by atoms with Crippen LogP contribution in [0, 0.1) is 5.92 Å². The fraction of sp³-hybridized carbons (Fsp3) is 0.167. The van der Waals surface area contributed by atoms with Gasteiger partial charge in [-0.1, -0.05) is 43.1 Å². The van der Waals surface area contributed by atoms with E-state index in [-0.39, 0.29) is 27.5 Å². The molecule has 8 heteroatoms. The Bertz CT molecular complexity index is 856. The number of thiocarbonyl (C=S) groups is 1. The third kappa shape index (κ3) is 5.69. The van der Waals surface area contributed by atoms with Crippen LogP contribution in [-0.4, -0.2) is 16.9 Å². The lowest BCUT2D eigenvalue weighted by molar-refractivity contribution is -0.118. The van der Waals surface area contributed by atoms with Crippen molar-refractivity contribution in [2.45, 2.75) is 13.8 Å². The number of carbonyl (C=O) groups excluding carboxylic acids is 2. The van der Waals surface area contributed by atoms with Crippen molar-refractivity contribution >= 4 is 63.7 Å². The van der Waals surface area contributed by atoms with Crippen LogP contribution in [0.25, 0.3) is 0 Å². The molecule has 0 aliphatic heterocycles. The molecular formula is C18H17Cl2N3O2S. The molecule has 0 saturated heterocycles. The fourth-order valence-corrected chi connectivity index (χ4v) is 2.55. The van der Waals surface area contributed by atoms with Crippen LogP contribution in [0.15, 0.2) is 42.5 Å². The van der Waals surface area contributed by atoms with Gasteiger partial charge in [0, 0.05) is 22.3 Å². The average Bonchev–Trinajstić information content (AvgIpc) is 2.57. The second kappa shape index (κ2) is 8.98. The lowest BCUT2D eigenvalue weighted by Gasteiger charge is -2.12. The zero-order chi connectivity index (χ0) is 19.3. The van der Waals surface area contributed by atoms with Crippen molar-refractivity contribution in [3.63, 3.8) is 0 Å². The van der Waals surface area contributed by atoms with Gasteiger partial charge in [-0.3, -0.25) is 14.9 Å². The molecule has 2 aromatic carbocycles. The van der Waals surface area contributed by atoms with Gasteiger partial charge >= 0.3 is 0 Å². The number of anilines is 2. The van der Waals surface area contributed by atoms with Crippen molar-refractivity contribution in [1.82, 2.24) is 5.32 Å². The molecule has 0 heterocycles. The van der Waals surface area contributed by atoms with Crippen molar-refractivity contribution < 1.29 is 9.59 Å². The van der Waals surface area contributed by atoms with Crippen molar-refractivity contribution in [1.29, 1.82) is 0 Å². The van der Waals surface area contributed by atoms with E-state index in [9.17, 15) is 9.59 Å². The van der Waals surface area contributed by atoms with E-state index >= 15 is 0 Å². The molecule has 0 aliphatic carbocycles. The first-order valence-electron chi connectivity index (χ1n) is 7.74. The molecule has 0 spiro atoms. The number of amides is 2. The van der Waals surface area contributed by atoms with Crippen LogP contribution in [0.4, 0.5) is 11.4 Å². The van der Waals surface area contributed by atoms with E-state index in [1.807, 2.05) is 13.8 Å². The number of carbonyl (C=O) groups is 2. The van der Waals surface area contributed by atoms with Crippen LogP contribution in [0.5, 0.6) is 0 Å². The molecule has 26 heavy (non-hydrogen) atoms. The highest BCUT2D eigenvalue weighted by Gasteiger charge is 2.13. The lowest BCUT2D eigenvalue weighted by Crippen LogP contribution is -2.34. The summed E-state index contributed by atoms with van der Waals surface area (Å²) in [4.78, 5) is 24.0. The molecule has 2 rings (SSSR count). The summed E-state index contributed by atoms with van der Waals surface area (Å²) in [5, 5.41) is 8.99. The topological polar surface area (TPSA) is 70.2 Å². The summed E-state index contributed by atoms with van der Waals surface area (Å²) in [6.45, 7) is 3.62. The number of hydrogen-bond donors (Lipinski definition) is 3. The standard InChI is InChI=1S/C18H17Cl2N3O2S/c1-10(2)16(24)21-12-4-3-5-13(9-12)22-18(26)23-17(25)14-8-11(19)6-7-15(14)20/h3-10H,1-2H3,(H,21,24)(H2,22,23,25,26). The molecule has 3 N–H and O–H groups in total. The molecule has 2 amide bonds. The van der Waals surface area contributed by atoms with Crippen LogP contribution < -0.4 is 16.0 Å². The van der Waals surface area contributed by atoms with Crippen LogP contribution in [0.2, 0.25) is 10.0 Å². The average molecular weight is 410 g/mol. The predicted octanol–water partition coefficient (Wildman–Crippen LogP) is 4.71. The van der Waals surface area contributed by atoms with Gasteiger partial charge in [-0.2, -0.15) is 0 Å². The van der Waals surface area contributed by atoms with Crippen molar-refractivity contribution in [2.75, 3.05) is 10.6 Å². The first kappa shape index (κ1) is 20.2. The van der Waals surface area contributed by atoms with Gasteiger partial charge in [0.25, 0.3) is 5.91 Å². The lowest BCUT2D eigenvalue weighted by atomic mass is 10.2. The minimum absolute atomic E-state index is 0.0892. The number of benzene rings is 2. The molecule has 0 bridgehead atoms. The van der Waals surface area contributed by atoms with Gasteiger partial charge in [0.15, 0.2) is 5.11 Å². The molecule has 136 valence electrons. The zero-order valence-corrected chi connectivity index (χ0v) is 16.4. The molecular weight excluding hydrogens is 393 g/mol. The van der Waals surface area contributed by atoms with E-state index in [0.29, 0.717) is 16.4 Å². The molecule has 0 saturated carbocycles. The maximum absolute atomic E-state index is 12.3. The maximum Gasteiger partial charge on any atom is 0.258 e. The summed E-state index contributed by atoms with van der Waals surface area (Å²) < 4.78 is 0. The Morgan fingerprint density at radius 3 is 2.31 bits per heavy atom. The minimum Gasteiger partial charge on any atom is -0.332 e. The second-order valence-electron chi connectivity index (χ2n) is 5.76. The Balaban J connectivity index is 2.02. The Hall–Kier alpha value is -2.15. The SMILES string of the molecule is CC(C)C(=O)Nc1cccc(NC(=S)NC(=O)c2cc(Cl)ccc2Cl)c1. The zero-order valence-electron chi connectivity index (χ0n) is 14.1. The van der Waals surface area contributed by atoms with E-state index in [2.05, 4.69) is 16.0 Å². The van der Waals surface area contributed by atoms with Crippen molar-refractivity contribution in [3.8, 4) is 0 Å². The van der Waals surface area contributed by atoms with Crippen molar-refractivity contribution in [3.05, 3.63) is 58.1 Å². The van der Waals surface area contributed by atoms with Crippen LogP contribution in [0.1, 0.15) is 24.2 Å². The number of halogens is 2. The largest absolute Gasteiger partial charge is 0.332 e. The van der Waals surface area contributed by atoms with Gasteiger partial charge in [0.05, 0.1) is 10.6 Å². The normalized spacial score (nSPS) is 10.3. The Morgan fingerprint density at radius 1 is 1.00 bits per heavy atom. The third-order valence-corrected chi connectivity index (χ3v) is 4.08. The maximum atomic E-state index is 12.3. The molecule has 0 atom stereocenters. The smallest absolute Gasteiger partial charge is 0.258 e. The Labute approximate surface area is 167 Å². The summed E-state index contributed by atoms with van der Waals surface area (Å²) in [6, 6.07) is 11.6. The van der Waals surface area contributed by atoms with E-state index < -0.39 is 5.91 Å². The van der Waals surface area contributed by atoms with Gasteiger partial charge in [0.1, 0.15) is 0 Å². The number of rotatable bonds is 4. The number of hydrogen-bond acceptors (Lipinski definition) is 3. The molecule has 5 nitrogen and oxygen atoms in total. The second-order valence-corrected chi connectivity index (χ2v) is 7.01. The molecule has 0 aliphatic rings. The van der Waals surface area contributed by atoms with E-state index in [1.165, 1.54) is 12.1 Å². The van der Waals surface area contributed by atoms with Gasteiger partial charge < -0.3 is 10.6 Å². The molecule has 0 unspecified atom stereocenters. The Morgan fingerprint density at radius 2 is 1.65 bits per heavy atom. The summed E-state index contributed by atoms with van der Waals surface area (Å²) in [6.07, 6.45) is 0. The first-order valence-corrected chi connectivity index (χ1v) is 8.91. The third-order valence-electron chi connectivity index (χ3n) is 3.31. The highest BCUT2D eigenvalue weighted by Crippen LogP contribution is 2.21. The predicted molar refractivity (Wildman–Crippen MR) is 110 cm³/mol. The monoisotopic (exact) mass is 409 g/mol. The highest BCUT2D eigenvalue weighted by atomic mass is 35.5. The van der Waals surface area contributed by atoms with Crippen LogP contribution in [0.3, 0.4) is 0 Å². The Kier molecular flexibility index (Phi) is 6.97. The molecule has 0 aromatic heterocycles. The fourth-order valence-electron chi connectivity index (χ4n) is 1.97.